The van der Waals surface area contributed by atoms with Crippen molar-refractivity contribution in [2.24, 2.45) is 0 Å². The summed E-state index contributed by atoms with van der Waals surface area (Å²) in [5, 5.41) is 0. The van der Waals surface area contributed by atoms with Gasteiger partial charge < -0.3 is 10.6 Å². The van der Waals surface area contributed by atoms with Gasteiger partial charge in [-0.1, -0.05) is 12.1 Å². The zero-order valence-corrected chi connectivity index (χ0v) is 10.5. The van der Waals surface area contributed by atoms with Crippen LogP contribution in [0.2, 0.25) is 0 Å². The van der Waals surface area contributed by atoms with Gasteiger partial charge in [0.25, 0.3) is 0 Å². The number of alkyl halides is 3. The molecule has 0 radical (unpaired) electrons. The molecule has 0 bridgehead atoms. The van der Waals surface area contributed by atoms with Crippen LogP contribution in [0.5, 0.6) is 0 Å². The normalized spacial score (nSPS) is 14.4. The van der Waals surface area contributed by atoms with Crippen LogP contribution in [0.1, 0.15) is 16.8 Å². The highest BCUT2D eigenvalue weighted by Gasteiger charge is 2.33. The number of aromatic nitrogens is 1. The van der Waals surface area contributed by atoms with Crippen LogP contribution in [0, 0.1) is 0 Å². The van der Waals surface area contributed by atoms with E-state index in [4.69, 9.17) is 5.73 Å². The van der Waals surface area contributed by atoms with Gasteiger partial charge in [-0.3, -0.25) is 0 Å². The van der Waals surface area contributed by atoms with Gasteiger partial charge >= 0.3 is 6.18 Å². The average molecular weight is 279 g/mol. The Bertz CT molecular complexity index is 652. The number of anilines is 2. The highest BCUT2D eigenvalue weighted by atomic mass is 19.4. The van der Waals surface area contributed by atoms with Crippen molar-refractivity contribution in [2.75, 3.05) is 10.6 Å². The lowest BCUT2D eigenvalue weighted by atomic mass is 10.1. The molecule has 1 aromatic heterocycles. The molecule has 0 saturated heterocycles. The van der Waals surface area contributed by atoms with Gasteiger partial charge in [0.15, 0.2) is 0 Å². The fourth-order valence-corrected chi connectivity index (χ4v) is 2.33. The standard InChI is InChI=1S/C14H12F3N3/c15-14(16,17)12-2-1-3-13(19-12)20-7-9-4-5-11(18)6-10(9)8-20/h1-6H,7-8,18H2. The van der Waals surface area contributed by atoms with Crippen molar-refractivity contribution in [3.05, 3.63) is 53.2 Å². The van der Waals surface area contributed by atoms with E-state index in [-0.39, 0.29) is 0 Å². The van der Waals surface area contributed by atoms with Crippen LogP contribution in [-0.4, -0.2) is 4.98 Å². The minimum Gasteiger partial charge on any atom is -0.399 e. The summed E-state index contributed by atoms with van der Waals surface area (Å²) in [6, 6.07) is 9.49. The van der Waals surface area contributed by atoms with Crippen LogP contribution in [0.25, 0.3) is 0 Å². The van der Waals surface area contributed by atoms with E-state index in [0.717, 1.165) is 17.2 Å². The largest absolute Gasteiger partial charge is 0.433 e. The molecule has 0 atom stereocenters. The molecule has 2 N–H and O–H groups in total. The predicted octanol–water partition coefficient (Wildman–Crippen LogP) is 3.20. The number of halogens is 3. The van der Waals surface area contributed by atoms with Gasteiger partial charge in [0.1, 0.15) is 11.5 Å². The van der Waals surface area contributed by atoms with E-state index in [9.17, 15) is 13.2 Å². The molecule has 0 spiro atoms. The van der Waals surface area contributed by atoms with Crippen LogP contribution in [0.15, 0.2) is 36.4 Å². The molecule has 2 aromatic rings. The second kappa shape index (κ2) is 4.40. The maximum absolute atomic E-state index is 12.7. The number of rotatable bonds is 1. The van der Waals surface area contributed by atoms with E-state index >= 15 is 0 Å². The lowest BCUT2D eigenvalue weighted by Crippen LogP contribution is -2.18. The minimum absolute atomic E-state index is 0.328. The molecule has 3 rings (SSSR count). The topological polar surface area (TPSA) is 42.1 Å². The number of benzene rings is 1. The van der Waals surface area contributed by atoms with Crippen molar-refractivity contribution in [2.45, 2.75) is 19.3 Å². The number of hydrogen-bond acceptors (Lipinski definition) is 3. The second-order valence-electron chi connectivity index (χ2n) is 4.76. The zero-order chi connectivity index (χ0) is 14.3. The first-order valence-corrected chi connectivity index (χ1v) is 6.10. The maximum atomic E-state index is 12.7. The summed E-state index contributed by atoms with van der Waals surface area (Å²) in [7, 11) is 0. The van der Waals surface area contributed by atoms with Gasteiger partial charge in [-0.15, -0.1) is 0 Å². The lowest BCUT2D eigenvalue weighted by Gasteiger charge is -2.17. The molecular formula is C14H12F3N3. The summed E-state index contributed by atoms with van der Waals surface area (Å²) in [4.78, 5) is 5.51. The van der Waals surface area contributed by atoms with E-state index in [0.29, 0.717) is 24.6 Å². The molecule has 20 heavy (non-hydrogen) atoms. The second-order valence-corrected chi connectivity index (χ2v) is 4.76. The first-order valence-electron chi connectivity index (χ1n) is 6.10. The Morgan fingerprint density at radius 3 is 2.55 bits per heavy atom. The van der Waals surface area contributed by atoms with E-state index in [1.807, 2.05) is 12.1 Å². The monoisotopic (exact) mass is 279 g/mol. The molecule has 1 aliphatic rings. The average Bonchev–Trinajstić information content (AvgIpc) is 2.81. The first-order chi connectivity index (χ1) is 9.43. The number of nitrogens with two attached hydrogens (primary N) is 1. The molecule has 104 valence electrons. The van der Waals surface area contributed by atoms with Gasteiger partial charge in [0.05, 0.1) is 0 Å². The molecule has 2 heterocycles. The number of pyridine rings is 1. The molecule has 6 heteroatoms. The molecule has 1 aromatic carbocycles. The van der Waals surface area contributed by atoms with E-state index in [2.05, 4.69) is 4.98 Å². The van der Waals surface area contributed by atoms with Gasteiger partial charge in [-0.05, 0) is 35.4 Å². The Morgan fingerprint density at radius 2 is 1.80 bits per heavy atom. The third kappa shape index (κ3) is 2.29. The molecule has 0 amide bonds. The number of nitrogen functional groups attached to an aromatic ring is 1. The van der Waals surface area contributed by atoms with Crippen LogP contribution in [-0.2, 0) is 19.3 Å². The van der Waals surface area contributed by atoms with Crippen molar-refractivity contribution >= 4 is 11.5 Å². The Labute approximate surface area is 113 Å². The molecular weight excluding hydrogens is 267 g/mol. The van der Waals surface area contributed by atoms with Crippen molar-refractivity contribution < 1.29 is 13.2 Å². The summed E-state index contributed by atoms with van der Waals surface area (Å²) in [5.41, 5.74) is 7.60. The quantitative estimate of drug-likeness (QED) is 0.815. The van der Waals surface area contributed by atoms with Crippen LogP contribution < -0.4 is 10.6 Å². The Kier molecular flexibility index (Phi) is 2.81. The van der Waals surface area contributed by atoms with Gasteiger partial charge in [-0.25, -0.2) is 4.98 Å². The van der Waals surface area contributed by atoms with E-state index < -0.39 is 11.9 Å². The molecule has 1 aliphatic heterocycles. The van der Waals surface area contributed by atoms with E-state index in [1.165, 1.54) is 6.07 Å². The van der Waals surface area contributed by atoms with Crippen molar-refractivity contribution in [1.29, 1.82) is 0 Å². The summed E-state index contributed by atoms with van der Waals surface area (Å²) < 4.78 is 38.0. The number of nitrogens with zero attached hydrogens (tertiary/aromatic N) is 2. The Morgan fingerprint density at radius 1 is 1.05 bits per heavy atom. The molecule has 3 nitrogen and oxygen atoms in total. The summed E-state index contributed by atoms with van der Waals surface area (Å²) in [6.07, 6.45) is -4.42. The van der Waals surface area contributed by atoms with Gasteiger partial charge in [0.2, 0.25) is 0 Å². The summed E-state index contributed by atoms with van der Waals surface area (Å²) in [5.74, 6) is 0.328. The smallest absolute Gasteiger partial charge is 0.399 e. The van der Waals surface area contributed by atoms with Gasteiger partial charge in [-0.2, -0.15) is 13.2 Å². The van der Waals surface area contributed by atoms with Crippen LogP contribution >= 0.6 is 0 Å². The predicted molar refractivity (Wildman–Crippen MR) is 70.0 cm³/mol. The zero-order valence-electron chi connectivity index (χ0n) is 10.5. The molecule has 0 unspecified atom stereocenters. The van der Waals surface area contributed by atoms with Crippen molar-refractivity contribution in [3.8, 4) is 0 Å². The Balaban J connectivity index is 1.89. The van der Waals surface area contributed by atoms with E-state index in [1.54, 1.807) is 17.0 Å². The van der Waals surface area contributed by atoms with Gasteiger partial charge in [0, 0.05) is 18.8 Å². The fourth-order valence-electron chi connectivity index (χ4n) is 2.33. The first kappa shape index (κ1) is 12.8. The molecule has 0 aliphatic carbocycles. The third-order valence-electron chi connectivity index (χ3n) is 3.30. The number of fused-ring (bicyclic) bond motifs is 1. The molecule has 0 saturated carbocycles. The van der Waals surface area contributed by atoms with Crippen molar-refractivity contribution in [1.82, 2.24) is 4.98 Å². The maximum Gasteiger partial charge on any atom is 0.433 e. The highest BCUT2D eigenvalue weighted by Crippen LogP contribution is 2.32. The van der Waals surface area contributed by atoms with Crippen LogP contribution in [0.3, 0.4) is 0 Å². The lowest BCUT2D eigenvalue weighted by molar-refractivity contribution is -0.141. The molecule has 0 fully saturated rings. The summed E-state index contributed by atoms with van der Waals surface area (Å²) in [6.45, 7) is 1.07. The summed E-state index contributed by atoms with van der Waals surface area (Å²) >= 11 is 0. The fraction of sp³-hybridized carbons (Fsp3) is 0.214. The SMILES string of the molecule is Nc1ccc2c(c1)CN(c1cccc(C(F)(F)F)n1)C2. The third-order valence-corrected chi connectivity index (χ3v) is 3.30. The van der Waals surface area contributed by atoms with Crippen molar-refractivity contribution in [3.63, 3.8) is 0 Å². The van der Waals surface area contributed by atoms with Crippen LogP contribution in [0.4, 0.5) is 24.7 Å². The highest BCUT2D eigenvalue weighted by molar-refractivity contribution is 5.52. The Hall–Kier alpha value is -2.24. The minimum atomic E-state index is -4.42. The number of hydrogen-bond donors (Lipinski definition) is 1.